The molecule has 1 aromatic rings. The molecule has 0 radical (unpaired) electrons. The summed E-state index contributed by atoms with van der Waals surface area (Å²) in [5.41, 5.74) is 2.64. The fourth-order valence-electron chi connectivity index (χ4n) is 5.25. The van der Waals surface area contributed by atoms with Crippen molar-refractivity contribution in [2.24, 2.45) is 0 Å². The maximum atomic E-state index is 12.4. The largest absolute Gasteiger partial charge is 0.376 e. The highest BCUT2D eigenvalue weighted by molar-refractivity contribution is 6.04. The van der Waals surface area contributed by atoms with Crippen molar-refractivity contribution in [2.45, 2.75) is 76.0 Å². The van der Waals surface area contributed by atoms with Gasteiger partial charge in [-0.2, -0.15) is 0 Å². The average molecular weight is 457 g/mol. The standard InChI is InChI=1S/C25H36N4O4/c1-27(2)23-16-18(28-14-12-20(13-15-28)33-19-6-4-3-5-7-19)8-9-21(23)29(17-30)22-10-11-24(31)26-25(22)32/h8-9,16-17,19-20,22H,3-7,10-15H2,1-2H3,(H,26,31,32). The Kier molecular flexibility index (Phi) is 7.53. The molecular weight excluding hydrogens is 420 g/mol. The van der Waals surface area contributed by atoms with Gasteiger partial charge in [0, 0.05) is 39.3 Å². The van der Waals surface area contributed by atoms with Crippen molar-refractivity contribution >= 4 is 35.3 Å². The Bertz CT molecular complexity index is 860. The van der Waals surface area contributed by atoms with Gasteiger partial charge in [0.25, 0.3) is 0 Å². The molecular formula is C25H36N4O4. The summed E-state index contributed by atoms with van der Waals surface area (Å²) >= 11 is 0. The lowest BCUT2D eigenvalue weighted by molar-refractivity contribution is -0.134. The van der Waals surface area contributed by atoms with Crippen LogP contribution in [0.2, 0.25) is 0 Å². The highest BCUT2D eigenvalue weighted by atomic mass is 16.5. The second-order valence-corrected chi connectivity index (χ2v) is 9.63. The minimum Gasteiger partial charge on any atom is -0.376 e. The van der Waals surface area contributed by atoms with E-state index in [-0.39, 0.29) is 12.3 Å². The number of nitrogens with zero attached hydrogens (tertiary/aromatic N) is 3. The number of benzene rings is 1. The predicted molar refractivity (Wildman–Crippen MR) is 129 cm³/mol. The first kappa shape index (κ1) is 23.5. The van der Waals surface area contributed by atoms with Crippen LogP contribution in [0.4, 0.5) is 17.1 Å². The van der Waals surface area contributed by atoms with Gasteiger partial charge >= 0.3 is 0 Å². The van der Waals surface area contributed by atoms with E-state index in [0.29, 0.717) is 30.7 Å². The number of hydrogen-bond acceptors (Lipinski definition) is 6. The summed E-state index contributed by atoms with van der Waals surface area (Å²) in [5, 5.41) is 2.35. The second-order valence-electron chi connectivity index (χ2n) is 9.63. The Morgan fingerprint density at radius 3 is 2.30 bits per heavy atom. The Morgan fingerprint density at radius 1 is 0.970 bits per heavy atom. The molecule has 180 valence electrons. The van der Waals surface area contributed by atoms with E-state index < -0.39 is 11.9 Å². The number of piperidine rings is 2. The molecule has 1 aromatic carbocycles. The maximum absolute atomic E-state index is 12.4. The molecule has 3 amide bonds. The van der Waals surface area contributed by atoms with Gasteiger partial charge in [0.2, 0.25) is 18.2 Å². The first-order valence-corrected chi connectivity index (χ1v) is 12.3. The van der Waals surface area contributed by atoms with Gasteiger partial charge in [0.15, 0.2) is 0 Å². The molecule has 1 unspecified atom stereocenters. The molecule has 3 fully saturated rings. The smallest absolute Gasteiger partial charge is 0.249 e. The van der Waals surface area contributed by atoms with Gasteiger partial charge in [-0.05, 0) is 50.3 Å². The number of nitrogens with one attached hydrogen (secondary N) is 1. The Labute approximate surface area is 196 Å². The van der Waals surface area contributed by atoms with E-state index in [2.05, 4.69) is 16.3 Å². The van der Waals surface area contributed by atoms with Gasteiger partial charge in [-0.3, -0.25) is 19.7 Å². The lowest BCUT2D eigenvalue weighted by Crippen LogP contribution is -2.52. The van der Waals surface area contributed by atoms with Gasteiger partial charge in [-0.25, -0.2) is 0 Å². The summed E-state index contributed by atoms with van der Waals surface area (Å²) in [6.07, 6.45) is 10.4. The highest BCUT2D eigenvalue weighted by Crippen LogP contribution is 2.35. The van der Waals surface area contributed by atoms with E-state index in [4.69, 9.17) is 4.74 Å². The Hall–Kier alpha value is -2.61. The Balaban J connectivity index is 1.45. The van der Waals surface area contributed by atoms with Gasteiger partial charge in [-0.15, -0.1) is 0 Å². The molecule has 33 heavy (non-hydrogen) atoms. The van der Waals surface area contributed by atoms with Crippen LogP contribution in [0.3, 0.4) is 0 Å². The van der Waals surface area contributed by atoms with Crippen molar-refractivity contribution in [1.82, 2.24) is 5.32 Å². The van der Waals surface area contributed by atoms with Crippen molar-refractivity contribution in [2.75, 3.05) is 41.9 Å². The van der Waals surface area contributed by atoms with E-state index in [1.54, 1.807) is 0 Å². The number of amides is 3. The third-order valence-electron chi connectivity index (χ3n) is 7.12. The zero-order chi connectivity index (χ0) is 23.4. The van der Waals surface area contributed by atoms with Gasteiger partial charge in [0.05, 0.1) is 23.6 Å². The second kappa shape index (κ2) is 10.5. The molecule has 1 aliphatic carbocycles. The number of imide groups is 1. The molecule has 0 spiro atoms. The Morgan fingerprint density at radius 2 is 1.67 bits per heavy atom. The van der Waals surface area contributed by atoms with Crippen molar-refractivity contribution in [3.63, 3.8) is 0 Å². The zero-order valence-electron chi connectivity index (χ0n) is 19.8. The van der Waals surface area contributed by atoms with Gasteiger partial charge in [0.1, 0.15) is 6.04 Å². The van der Waals surface area contributed by atoms with Crippen molar-refractivity contribution in [3.8, 4) is 0 Å². The fourth-order valence-corrected chi connectivity index (χ4v) is 5.25. The third-order valence-corrected chi connectivity index (χ3v) is 7.12. The van der Waals surface area contributed by atoms with Gasteiger partial charge < -0.3 is 19.4 Å². The van der Waals surface area contributed by atoms with Crippen LogP contribution in [-0.4, -0.2) is 63.7 Å². The summed E-state index contributed by atoms with van der Waals surface area (Å²) in [7, 11) is 3.86. The van der Waals surface area contributed by atoms with E-state index in [1.807, 2.05) is 31.1 Å². The molecule has 1 N–H and O–H groups in total. The van der Waals surface area contributed by atoms with E-state index in [0.717, 1.165) is 37.3 Å². The van der Waals surface area contributed by atoms with Crippen LogP contribution in [0.15, 0.2) is 18.2 Å². The van der Waals surface area contributed by atoms with Crippen LogP contribution in [-0.2, 0) is 19.1 Å². The number of carbonyl (C=O) groups excluding carboxylic acids is 3. The number of hydrogen-bond donors (Lipinski definition) is 1. The molecule has 1 saturated carbocycles. The van der Waals surface area contributed by atoms with E-state index in [9.17, 15) is 14.4 Å². The molecule has 2 aliphatic heterocycles. The van der Waals surface area contributed by atoms with E-state index in [1.165, 1.54) is 37.0 Å². The predicted octanol–water partition coefficient (Wildman–Crippen LogP) is 2.84. The van der Waals surface area contributed by atoms with Crippen LogP contribution in [0.1, 0.15) is 57.8 Å². The molecule has 0 bridgehead atoms. The number of rotatable bonds is 7. The van der Waals surface area contributed by atoms with E-state index >= 15 is 0 Å². The third kappa shape index (κ3) is 5.49. The number of ether oxygens (including phenoxy) is 1. The molecule has 0 aromatic heterocycles. The molecule has 8 heteroatoms. The van der Waals surface area contributed by atoms with Crippen molar-refractivity contribution in [1.29, 1.82) is 0 Å². The van der Waals surface area contributed by atoms with Gasteiger partial charge in [-0.1, -0.05) is 19.3 Å². The molecule has 1 atom stereocenters. The summed E-state index contributed by atoms with van der Waals surface area (Å²) in [4.78, 5) is 41.7. The molecule has 2 heterocycles. The SMILES string of the molecule is CN(C)c1cc(N2CCC(OC3CCCCC3)CC2)ccc1N(C=O)C1CCC(=O)NC1=O. The first-order chi connectivity index (χ1) is 16.0. The first-order valence-electron chi connectivity index (χ1n) is 12.3. The monoisotopic (exact) mass is 456 g/mol. The van der Waals surface area contributed by atoms with Crippen LogP contribution < -0.4 is 20.0 Å². The molecule has 3 aliphatic rings. The average Bonchev–Trinajstić information content (AvgIpc) is 2.82. The highest BCUT2D eigenvalue weighted by Gasteiger charge is 2.33. The minimum atomic E-state index is -0.683. The van der Waals surface area contributed by atoms with Crippen LogP contribution in [0.25, 0.3) is 0 Å². The zero-order valence-corrected chi connectivity index (χ0v) is 19.8. The summed E-state index contributed by atoms with van der Waals surface area (Å²) in [6, 6.07) is 5.33. The van der Waals surface area contributed by atoms with Crippen LogP contribution >= 0.6 is 0 Å². The molecule has 2 saturated heterocycles. The maximum Gasteiger partial charge on any atom is 0.249 e. The summed E-state index contributed by atoms with van der Waals surface area (Å²) in [6.45, 7) is 1.88. The number of anilines is 3. The topological polar surface area (TPSA) is 82.2 Å². The summed E-state index contributed by atoms with van der Waals surface area (Å²) < 4.78 is 6.39. The minimum absolute atomic E-state index is 0.230. The van der Waals surface area contributed by atoms with Crippen LogP contribution in [0.5, 0.6) is 0 Å². The number of carbonyl (C=O) groups is 3. The summed E-state index contributed by atoms with van der Waals surface area (Å²) in [5.74, 6) is -0.715. The normalized spacial score (nSPS) is 22.7. The molecule has 4 rings (SSSR count). The van der Waals surface area contributed by atoms with Crippen LogP contribution in [0, 0.1) is 0 Å². The lowest BCUT2D eigenvalue weighted by atomic mass is 9.97. The molecule has 8 nitrogen and oxygen atoms in total. The lowest BCUT2D eigenvalue weighted by Gasteiger charge is -2.37. The fraction of sp³-hybridized carbons (Fsp3) is 0.640. The van der Waals surface area contributed by atoms with Crippen molar-refractivity contribution < 1.29 is 19.1 Å². The van der Waals surface area contributed by atoms with Crippen molar-refractivity contribution in [3.05, 3.63) is 18.2 Å². The quantitative estimate of drug-likeness (QED) is 0.502.